The lowest BCUT2D eigenvalue weighted by Crippen LogP contribution is -2.44. The highest BCUT2D eigenvalue weighted by Crippen LogP contribution is 2.27. The molecule has 1 unspecified atom stereocenters. The van der Waals surface area contributed by atoms with E-state index in [-0.39, 0.29) is 12.0 Å². The van der Waals surface area contributed by atoms with Crippen molar-refractivity contribution in [1.29, 1.82) is 0 Å². The van der Waals surface area contributed by atoms with Crippen LogP contribution in [0.3, 0.4) is 0 Å². The third kappa shape index (κ3) is 2.93. The summed E-state index contributed by atoms with van der Waals surface area (Å²) >= 11 is 0. The summed E-state index contributed by atoms with van der Waals surface area (Å²) in [7, 11) is 0. The van der Waals surface area contributed by atoms with Gasteiger partial charge in [-0.15, -0.1) is 0 Å². The Morgan fingerprint density at radius 3 is 2.46 bits per heavy atom. The minimum Gasteiger partial charge on any atom is -0.388 e. The minimum atomic E-state index is -0.993. The van der Waals surface area contributed by atoms with E-state index in [0.29, 0.717) is 5.92 Å². The van der Waals surface area contributed by atoms with Crippen LogP contribution in [0, 0.1) is 11.8 Å². The molecule has 78 valence electrons. The number of hydrogen-bond acceptors (Lipinski definition) is 3. The third-order valence-corrected chi connectivity index (χ3v) is 2.58. The lowest BCUT2D eigenvalue weighted by atomic mass is 9.90. The van der Waals surface area contributed by atoms with Crippen LogP contribution in [0.4, 0.5) is 0 Å². The predicted molar refractivity (Wildman–Crippen MR) is 50.1 cm³/mol. The summed E-state index contributed by atoms with van der Waals surface area (Å²) in [6.45, 7) is 6.21. The minimum absolute atomic E-state index is 0.105. The van der Waals surface area contributed by atoms with Gasteiger partial charge in [0.25, 0.3) is 0 Å². The Kier molecular flexibility index (Phi) is 3.71. The van der Waals surface area contributed by atoms with Gasteiger partial charge in [0.15, 0.2) is 6.29 Å². The lowest BCUT2D eigenvalue weighted by molar-refractivity contribution is -0.234. The van der Waals surface area contributed by atoms with Crippen molar-refractivity contribution in [3.8, 4) is 0 Å². The van der Waals surface area contributed by atoms with E-state index < -0.39 is 12.4 Å². The third-order valence-electron chi connectivity index (χ3n) is 2.58. The predicted octanol–water partition coefficient (Wildman–Crippen LogP) is 1.14. The van der Waals surface area contributed by atoms with Crippen LogP contribution in [0.25, 0.3) is 0 Å². The highest BCUT2D eigenvalue weighted by Gasteiger charge is 2.33. The van der Waals surface area contributed by atoms with Crippen LogP contribution < -0.4 is 0 Å². The molecule has 3 nitrogen and oxygen atoms in total. The molecule has 1 fully saturated rings. The highest BCUT2D eigenvalue weighted by molar-refractivity contribution is 4.78. The molecule has 1 aliphatic heterocycles. The summed E-state index contributed by atoms with van der Waals surface area (Å²) in [5, 5.41) is 18.8. The Labute approximate surface area is 79.7 Å². The molecule has 0 aromatic rings. The molecule has 0 spiro atoms. The smallest absolute Gasteiger partial charge is 0.181 e. The second-order valence-electron chi connectivity index (χ2n) is 4.48. The number of hydrogen-bond donors (Lipinski definition) is 2. The van der Waals surface area contributed by atoms with Gasteiger partial charge in [-0.25, -0.2) is 0 Å². The summed E-state index contributed by atoms with van der Waals surface area (Å²) in [6, 6.07) is 0. The van der Waals surface area contributed by atoms with Crippen molar-refractivity contribution in [3.05, 3.63) is 0 Å². The molecule has 1 saturated heterocycles. The Balaban J connectivity index is 2.44. The van der Waals surface area contributed by atoms with Gasteiger partial charge in [0.05, 0.1) is 6.10 Å². The van der Waals surface area contributed by atoms with Crippen LogP contribution >= 0.6 is 0 Å². The van der Waals surface area contributed by atoms with Crippen molar-refractivity contribution >= 4 is 0 Å². The van der Waals surface area contributed by atoms with Crippen LogP contribution in [0.1, 0.15) is 33.6 Å². The molecule has 13 heavy (non-hydrogen) atoms. The quantitative estimate of drug-likeness (QED) is 0.683. The van der Waals surface area contributed by atoms with Gasteiger partial charge in [0, 0.05) is 0 Å². The molecule has 0 amide bonds. The van der Waals surface area contributed by atoms with Crippen molar-refractivity contribution in [2.45, 2.75) is 52.1 Å². The molecule has 1 heterocycles. The number of rotatable bonds is 2. The van der Waals surface area contributed by atoms with Gasteiger partial charge in [0.1, 0.15) is 6.10 Å². The maximum atomic E-state index is 9.42. The van der Waals surface area contributed by atoms with E-state index in [9.17, 15) is 10.2 Å². The van der Waals surface area contributed by atoms with Gasteiger partial charge in [-0.2, -0.15) is 0 Å². The van der Waals surface area contributed by atoms with Crippen molar-refractivity contribution < 1.29 is 14.9 Å². The van der Waals surface area contributed by atoms with Crippen molar-refractivity contribution in [1.82, 2.24) is 0 Å². The molecule has 4 atom stereocenters. The first kappa shape index (κ1) is 11.0. The van der Waals surface area contributed by atoms with E-state index >= 15 is 0 Å². The number of aliphatic hydroxyl groups excluding tert-OH is 2. The molecular formula is C10H20O3. The van der Waals surface area contributed by atoms with Crippen LogP contribution in [-0.2, 0) is 4.74 Å². The SMILES string of the molecule is CC(C)C[C@@H]1C[C@@H](C)[C@@H](O)C(O)O1. The maximum absolute atomic E-state index is 9.42. The topological polar surface area (TPSA) is 49.7 Å². The average molecular weight is 188 g/mol. The van der Waals surface area contributed by atoms with Crippen molar-refractivity contribution in [2.75, 3.05) is 0 Å². The molecule has 0 aromatic carbocycles. The zero-order chi connectivity index (χ0) is 10.0. The Bertz CT molecular complexity index is 146. The van der Waals surface area contributed by atoms with Gasteiger partial charge < -0.3 is 14.9 Å². The largest absolute Gasteiger partial charge is 0.388 e. The molecule has 1 aliphatic rings. The first-order chi connectivity index (χ1) is 6.00. The van der Waals surface area contributed by atoms with Crippen molar-refractivity contribution in [2.24, 2.45) is 11.8 Å². The molecule has 1 rings (SSSR count). The molecule has 0 bridgehead atoms. The summed E-state index contributed by atoms with van der Waals surface area (Å²) < 4.78 is 5.29. The van der Waals surface area contributed by atoms with E-state index in [2.05, 4.69) is 13.8 Å². The van der Waals surface area contributed by atoms with E-state index in [4.69, 9.17) is 4.74 Å². The van der Waals surface area contributed by atoms with E-state index in [1.165, 1.54) is 0 Å². The first-order valence-corrected chi connectivity index (χ1v) is 5.02. The monoisotopic (exact) mass is 188 g/mol. The zero-order valence-electron chi connectivity index (χ0n) is 8.60. The number of ether oxygens (including phenoxy) is 1. The van der Waals surface area contributed by atoms with Gasteiger partial charge in [-0.1, -0.05) is 20.8 Å². The van der Waals surface area contributed by atoms with Gasteiger partial charge >= 0.3 is 0 Å². The lowest BCUT2D eigenvalue weighted by Gasteiger charge is -2.35. The summed E-state index contributed by atoms with van der Waals surface area (Å²) in [5.74, 6) is 0.701. The molecular weight excluding hydrogens is 168 g/mol. The molecule has 0 radical (unpaired) electrons. The van der Waals surface area contributed by atoms with E-state index in [1.54, 1.807) is 0 Å². The normalized spacial score (nSPS) is 41.1. The Morgan fingerprint density at radius 1 is 1.38 bits per heavy atom. The molecule has 0 saturated carbocycles. The van der Waals surface area contributed by atoms with Gasteiger partial charge in [0.2, 0.25) is 0 Å². The maximum Gasteiger partial charge on any atom is 0.181 e. The zero-order valence-corrected chi connectivity index (χ0v) is 8.60. The average Bonchev–Trinajstić information content (AvgIpc) is 1.98. The van der Waals surface area contributed by atoms with Crippen LogP contribution in [-0.4, -0.2) is 28.7 Å². The molecule has 0 aliphatic carbocycles. The first-order valence-electron chi connectivity index (χ1n) is 5.02. The van der Waals surface area contributed by atoms with Crippen LogP contribution in [0.2, 0.25) is 0 Å². The fourth-order valence-electron chi connectivity index (χ4n) is 1.85. The number of aliphatic hydroxyl groups is 2. The fraction of sp³-hybridized carbons (Fsp3) is 1.00. The molecule has 2 N–H and O–H groups in total. The second-order valence-corrected chi connectivity index (χ2v) is 4.48. The Morgan fingerprint density at radius 2 is 2.00 bits per heavy atom. The second kappa shape index (κ2) is 4.40. The molecule has 3 heteroatoms. The molecule has 0 aromatic heterocycles. The summed E-state index contributed by atoms with van der Waals surface area (Å²) in [5.41, 5.74) is 0. The van der Waals surface area contributed by atoms with Crippen LogP contribution in [0.5, 0.6) is 0 Å². The fourth-order valence-corrected chi connectivity index (χ4v) is 1.85. The standard InChI is InChI=1S/C10H20O3/c1-6(2)4-8-5-7(3)9(11)10(12)13-8/h6-12H,4-5H2,1-3H3/t7-,8-,9-,10?/m1/s1. The highest BCUT2D eigenvalue weighted by atomic mass is 16.6. The van der Waals surface area contributed by atoms with Gasteiger partial charge in [-0.3, -0.25) is 0 Å². The van der Waals surface area contributed by atoms with E-state index in [1.807, 2.05) is 6.92 Å². The summed E-state index contributed by atoms with van der Waals surface area (Å²) in [4.78, 5) is 0. The summed E-state index contributed by atoms with van der Waals surface area (Å²) in [6.07, 6.45) is 0.189. The van der Waals surface area contributed by atoms with E-state index in [0.717, 1.165) is 12.8 Å². The Hall–Kier alpha value is -0.120. The van der Waals surface area contributed by atoms with Gasteiger partial charge in [-0.05, 0) is 24.7 Å². The van der Waals surface area contributed by atoms with Crippen LogP contribution in [0.15, 0.2) is 0 Å². The van der Waals surface area contributed by atoms with Crippen molar-refractivity contribution in [3.63, 3.8) is 0 Å².